The highest BCUT2D eigenvalue weighted by Crippen LogP contribution is 2.38. The van der Waals surface area contributed by atoms with Crippen molar-refractivity contribution in [1.29, 1.82) is 0 Å². The molecule has 0 saturated carbocycles. The molecule has 2 aromatic heterocycles. The van der Waals surface area contributed by atoms with Crippen molar-refractivity contribution in [2.45, 2.75) is 50.0 Å². The normalized spacial score (nSPS) is 13.8. The maximum Gasteiger partial charge on any atom is 0.208 e. The fourth-order valence-corrected chi connectivity index (χ4v) is 7.19. The van der Waals surface area contributed by atoms with Crippen LogP contribution in [0, 0.1) is 0 Å². The standard InChI is InChI=1S/C44H40N6O2/c1-5-19-35(20-6-1)33-43(51-37-23-9-3-10-24-37,49-41-29-15-13-27-39(41)45-47-49)31-17-18-32-44(34-36-21-7-2-8-22-36,52-38-25-11-4-12-26-38)50-42-30-16-14-28-40(42)46-48-50/h1-16,19-30H,17-18,31-34H2. The van der Waals surface area contributed by atoms with Gasteiger partial charge in [0.25, 0.3) is 0 Å². The lowest BCUT2D eigenvalue weighted by atomic mass is 9.92. The van der Waals surface area contributed by atoms with Gasteiger partial charge >= 0.3 is 0 Å². The van der Waals surface area contributed by atoms with E-state index in [0.717, 1.165) is 57.5 Å². The summed E-state index contributed by atoms with van der Waals surface area (Å²) in [6, 6.07) is 57.2. The Morgan fingerprint density at radius 2 is 0.750 bits per heavy atom. The SMILES string of the molecule is c1ccc(CC(CCCCC(Cc2ccccc2)(Oc2ccccc2)n2nnc3ccccc32)(Oc2ccccc2)n2nnc3ccccc32)cc1. The van der Waals surface area contributed by atoms with Gasteiger partial charge in [0.1, 0.15) is 22.5 Å². The number of para-hydroxylation sites is 4. The lowest BCUT2D eigenvalue weighted by Crippen LogP contribution is -2.44. The van der Waals surface area contributed by atoms with Gasteiger partial charge in [-0.3, -0.25) is 0 Å². The zero-order valence-corrected chi connectivity index (χ0v) is 28.9. The first kappa shape index (κ1) is 32.9. The Hall–Kier alpha value is -6.28. The summed E-state index contributed by atoms with van der Waals surface area (Å²) in [6.45, 7) is 0. The molecule has 0 fully saturated rings. The molecular formula is C44H40N6O2. The molecule has 8 aromatic rings. The second-order valence-corrected chi connectivity index (χ2v) is 13.2. The van der Waals surface area contributed by atoms with Gasteiger partial charge in [0.2, 0.25) is 11.4 Å². The van der Waals surface area contributed by atoms with E-state index in [1.807, 2.05) is 119 Å². The number of fused-ring (bicyclic) bond motifs is 2. The summed E-state index contributed by atoms with van der Waals surface area (Å²) in [7, 11) is 0. The smallest absolute Gasteiger partial charge is 0.208 e. The van der Waals surface area contributed by atoms with Gasteiger partial charge < -0.3 is 9.47 Å². The van der Waals surface area contributed by atoms with E-state index in [4.69, 9.17) is 19.9 Å². The monoisotopic (exact) mass is 684 g/mol. The molecular weight excluding hydrogens is 645 g/mol. The Balaban J connectivity index is 1.19. The molecule has 6 aromatic carbocycles. The maximum absolute atomic E-state index is 7.11. The molecule has 0 aliphatic heterocycles. The second kappa shape index (κ2) is 14.9. The predicted octanol–water partition coefficient (Wildman–Crippen LogP) is 9.39. The largest absolute Gasteiger partial charge is 0.466 e. The molecule has 2 heterocycles. The van der Waals surface area contributed by atoms with Gasteiger partial charge in [0, 0.05) is 25.7 Å². The molecule has 0 aliphatic rings. The van der Waals surface area contributed by atoms with E-state index in [2.05, 4.69) is 70.9 Å². The van der Waals surface area contributed by atoms with Crippen LogP contribution in [-0.4, -0.2) is 30.0 Å². The van der Waals surface area contributed by atoms with Crippen LogP contribution in [0.25, 0.3) is 22.1 Å². The highest BCUT2D eigenvalue weighted by molar-refractivity contribution is 5.75. The zero-order chi connectivity index (χ0) is 35.1. The van der Waals surface area contributed by atoms with E-state index >= 15 is 0 Å². The van der Waals surface area contributed by atoms with Crippen molar-refractivity contribution < 1.29 is 9.47 Å². The highest BCUT2D eigenvalue weighted by atomic mass is 16.5. The van der Waals surface area contributed by atoms with Gasteiger partial charge in [-0.2, -0.15) is 0 Å². The molecule has 0 saturated heterocycles. The quantitative estimate of drug-likeness (QED) is 0.100. The molecule has 0 bridgehead atoms. The van der Waals surface area contributed by atoms with Crippen molar-refractivity contribution in [2.24, 2.45) is 0 Å². The van der Waals surface area contributed by atoms with E-state index in [9.17, 15) is 0 Å². The second-order valence-electron chi connectivity index (χ2n) is 13.2. The summed E-state index contributed by atoms with van der Waals surface area (Å²) >= 11 is 0. The predicted molar refractivity (Wildman–Crippen MR) is 204 cm³/mol. The molecule has 258 valence electrons. The highest BCUT2D eigenvalue weighted by Gasteiger charge is 2.40. The van der Waals surface area contributed by atoms with Crippen molar-refractivity contribution in [1.82, 2.24) is 30.0 Å². The van der Waals surface area contributed by atoms with E-state index in [1.165, 1.54) is 0 Å². The van der Waals surface area contributed by atoms with Crippen LogP contribution in [0.5, 0.6) is 11.5 Å². The van der Waals surface area contributed by atoms with E-state index in [-0.39, 0.29) is 0 Å². The molecule has 8 rings (SSSR count). The summed E-state index contributed by atoms with van der Waals surface area (Å²) in [6.07, 6.45) is 4.12. The van der Waals surface area contributed by atoms with Crippen molar-refractivity contribution in [2.75, 3.05) is 0 Å². The van der Waals surface area contributed by atoms with Gasteiger partial charge in [-0.25, -0.2) is 9.36 Å². The van der Waals surface area contributed by atoms with Crippen molar-refractivity contribution in [3.63, 3.8) is 0 Å². The molecule has 8 nitrogen and oxygen atoms in total. The topological polar surface area (TPSA) is 79.9 Å². The third-order valence-corrected chi connectivity index (χ3v) is 9.61. The van der Waals surface area contributed by atoms with Crippen LogP contribution >= 0.6 is 0 Å². The van der Waals surface area contributed by atoms with Crippen LogP contribution in [-0.2, 0) is 24.3 Å². The molecule has 0 spiro atoms. The lowest BCUT2D eigenvalue weighted by Gasteiger charge is -2.37. The van der Waals surface area contributed by atoms with Crippen LogP contribution in [0.1, 0.15) is 36.8 Å². The number of aromatic nitrogens is 6. The Morgan fingerprint density at radius 1 is 0.404 bits per heavy atom. The summed E-state index contributed by atoms with van der Waals surface area (Å²) in [4.78, 5) is 0. The third kappa shape index (κ3) is 7.01. The number of unbranched alkanes of at least 4 members (excludes halogenated alkanes) is 1. The van der Waals surface area contributed by atoms with Gasteiger partial charge in [-0.1, -0.05) is 132 Å². The first-order chi connectivity index (χ1) is 25.7. The van der Waals surface area contributed by atoms with E-state index in [0.29, 0.717) is 25.7 Å². The van der Waals surface area contributed by atoms with Crippen LogP contribution in [0.3, 0.4) is 0 Å². The van der Waals surface area contributed by atoms with Crippen LogP contribution in [0.2, 0.25) is 0 Å². The molecule has 0 aliphatic carbocycles. The molecule has 2 atom stereocenters. The Kier molecular flexibility index (Phi) is 9.43. The van der Waals surface area contributed by atoms with Gasteiger partial charge in [0.05, 0.1) is 11.0 Å². The average molecular weight is 685 g/mol. The molecule has 52 heavy (non-hydrogen) atoms. The van der Waals surface area contributed by atoms with Crippen molar-refractivity contribution in [3.8, 4) is 11.5 Å². The number of benzene rings is 6. The van der Waals surface area contributed by atoms with Crippen LogP contribution in [0.4, 0.5) is 0 Å². The summed E-state index contributed by atoms with van der Waals surface area (Å²) in [5.41, 5.74) is 4.06. The van der Waals surface area contributed by atoms with Gasteiger partial charge in [-0.05, 0) is 72.5 Å². The maximum atomic E-state index is 7.11. The number of hydrogen-bond acceptors (Lipinski definition) is 6. The fraction of sp³-hybridized carbons (Fsp3) is 0.182. The van der Waals surface area contributed by atoms with Crippen molar-refractivity contribution >= 4 is 22.1 Å². The molecule has 0 radical (unpaired) electrons. The van der Waals surface area contributed by atoms with Crippen LogP contribution < -0.4 is 9.47 Å². The average Bonchev–Trinajstić information content (AvgIpc) is 3.84. The molecule has 2 unspecified atom stereocenters. The Labute approximate surface area is 303 Å². The lowest BCUT2D eigenvalue weighted by molar-refractivity contribution is -0.0420. The van der Waals surface area contributed by atoms with E-state index in [1.54, 1.807) is 0 Å². The van der Waals surface area contributed by atoms with Gasteiger partial charge in [0.15, 0.2) is 0 Å². The van der Waals surface area contributed by atoms with Crippen molar-refractivity contribution in [3.05, 3.63) is 181 Å². The number of hydrogen-bond donors (Lipinski definition) is 0. The molecule has 0 amide bonds. The summed E-state index contributed by atoms with van der Waals surface area (Å²) in [5.74, 6) is 1.55. The Bertz CT molecular complexity index is 2080. The summed E-state index contributed by atoms with van der Waals surface area (Å²) in [5, 5.41) is 18.7. The zero-order valence-electron chi connectivity index (χ0n) is 28.9. The number of nitrogens with zero attached hydrogens (tertiary/aromatic N) is 6. The molecule has 0 N–H and O–H groups in total. The molecule has 8 heteroatoms. The number of ether oxygens (including phenoxy) is 2. The minimum absolute atomic E-state index is 0.597. The Morgan fingerprint density at radius 3 is 1.15 bits per heavy atom. The minimum atomic E-state index is -0.874. The van der Waals surface area contributed by atoms with Gasteiger partial charge in [-0.15, -0.1) is 10.2 Å². The number of rotatable bonds is 15. The summed E-state index contributed by atoms with van der Waals surface area (Å²) < 4.78 is 18.2. The third-order valence-electron chi connectivity index (χ3n) is 9.61. The van der Waals surface area contributed by atoms with E-state index < -0.39 is 11.4 Å². The van der Waals surface area contributed by atoms with Crippen LogP contribution in [0.15, 0.2) is 170 Å². The minimum Gasteiger partial charge on any atom is -0.466 e. The first-order valence-corrected chi connectivity index (χ1v) is 17.9. The first-order valence-electron chi connectivity index (χ1n) is 17.9. The fourth-order valence-electron chi connectivity index (χ4n) is 7.19.